The molecule has 6 nitrogen and oxygen atoms in total. The number of anilines is 1. The number of hydrogen-bond donors (Lipinski definition) is 1. The number of likely N-dealkylation sites (tertiary alicyclic amines) is 1. The number of aryl methyl sites for hydroxylation is 1. The predicted molar refractivity (Wildman–Crippen MR) is 168 cm³/mol. The Morgan fingerprint density at radius 3 is 2.28 bits per heavy atom. The van der Waals surface area contributed by atoms with Gasteiger partial charge in [0.1, 0.15) is 28.8 Å². The summed E-state index contributed by atoms with van der Waals surface area (Å²) < 4.78 is 61.8. The molecule has 0 unspecified atom stereocenters. The third kappa shape index (κ3) is 7.01. The van der Waals surface area contributed by atoms with Crippen LogP contribution >= 0.6 is 0 Å². The average Bonchev–Trinajstić information content (AvgIpc) is 3.45. The number of piperidine rings is 1. The Morgan fingerprint density at radius 1 is 0.891 bits per heavy atom. The van der Waals surface area contributed by atoms with Crippen LogP contribution in [0.4, 0.5) is 23.4 Å². The van der Waals surface area contributed by atoms with E-state index in [1.54, 1.807) is 60.8 Å². The molecule has 0 bridgehead atoms. The molecule has 2 N–H and O–H groups in total. The van der Waals surface area contributed by atoms with E-state index in [0.29, 0.717) is 45.7 Å². The molecular weight excluding hydrogens is 598 g/mol. The lowest BCUT2D eigenvalue weighted by molar-refractivity contribution is -0.114. The van der Waals surface area contributed by atoms with Gasteiger partial charge in [-0.05, 0) is 89.0 Å². The second-order valence-corrected chi connectivity index (χ2v) is 11.4. The third-order valence-corrected chi connectivity index (χ3v) is 7.98. The number of aromatic nitrogens is 1. The Labute approximate surface area is 262 Å². The zero-order chi connectivity index (χ0) is 32.4. The van der Waals surface area contributed by atoms with E-state index < -0.39 is 17.6 Å². The van der Waals surface area contributed by atoms with Crippen LogP contribution in [0.3, 0.4) is 0 Å². The lowest BCUT2D eigenvalue weighted by atomic mass is 9.95. The zero-order valence-electron chi connectivity index (χ0n) is 24.6. The van der Waals surface area contributed by atoms with Crippen molar-refractivity contribution in [3.63, 3.8) is 0 Å². The van der Waals surface area contributed by atoms with Gasteiger partial charge in [0, 0.05) is 67.5 Å². The van der Waals surface area contributed by atoms with E-state index in [1.807, 2.05) is 6.07 Å². The Hall–Kier alpha value is -5.25. The first-order valence-electron chi connectivity index (χ1n) is 14.8. The molecule has 0 aliphatic carbocycles. The van der Waals surface area contributed by atoms with Gasteiger partial charge in [-0.25, -0.2) is 22.5 Å². The smallest absolute Gasteiger partial charge is 0.253 e. The molecule has 234 valence electrons. The molecule has 6 rings (SSSR count). The molecule has 0 spiro atoms. The van der Waals surface area contributed by atoms with Crippen LogP contribution in [0, 0.1) is 11.6 Å². The number of pyridine rings is 1. The summed E-state index contributed by atoms with van der Waals surface area (Å²) in [6.45, 7) is -0.0227. The molecule has 0 atom stereocenters. The highest BCUT2D eigenvalue weighted by atomic mass is 19.3. The fourth-order valence-corrected chi connectivity index (χ4v) is 5.48. The fraction of sp³-hybridized carbons (Fsp3) is 0.194. The largest absolute Gasteiger partial charge is 0.460 e. The summed E-state index contributed by atoms with van der Waals surface area (Å²) in [7, 11) is 0. The maximum atomic E-state index is 14.3. The second-order valence-electron chi connectivity index (χ2n) is 11.4. The molecule has 1 saturated heterocycles. The molecule has 10 heteroatoms. The Morgan fingerprint density at radius 2 is 1.61 bits per heavy atom. The molecule has 1 fully saturated rings. The Balaban J connectivity index is 1.27. The van der Waals surface area contributed by atoms with Crippen molar-refractivity contribution >= 4 is 34.6 Å². The van der Waals surface area contributed by atoms with Crippen LogP contribution in [-0.4, -0.2) is 40.6 Å². The number of halogens is 4. The normalized spacial score (nSPS) is 14.7. The highest BCUT2D eigenvalue weighted by Crippen LogP contribution is 2.37. The number of ketones is 1. The van der Waals surface area contributed by atoms with Gasteiger partial charge < -0.3 is 15.1 Å². The molecule has 0 radical (unpaired) electrons. The van der Waals surface area contributed by atoms with Crippen molar-refractivity contribution in [1.29, 1.82) is 0 Å². The highest BCUT2D eigenvalue weighted by molar-refractivity contribution is 5.98. The summed E-state index contributed by atoms with van der Waals surface area (Å²) in [4.78, 5) is 30.9. The summed E-state index contributed by atoms with van der Waals surface area (Å²) >= 11 is 0. The van der Waals surface area contributed by atoms with Gasteiger partial charge in [0.2, 0.25) is 0 Å². The number of benzene rings is 3. The summed E-state index contributed by atoms with van der Waals surface area (Å²) in [5.74, 6) is -3.78. The van der Waals surface area contributed by atoms with Crippen LogP contribution in [0.2, 0.25) is 0 Å². The first-order chi connectivity index (χ1) is 22.0. The van der Waals surface area contributed by atoms with Gasteiger partial charge in [0.05, 0.1) is 0 Å². The van der Waals surface area contributed by atoms with Gasteiger partial charge in [0.15, 0.2) is 5.78 Å². The van der Waals surface area contributed by atoms with Crippen LogP contribution in [0.1, 0.15) is 40.9 Å². The van der Waals surface area contributed by atoms with Crippen LogP contribution in [-0.2, 0) is 11.2 Å². The van der Waals surface area contributed by atoms with E-state index in [4.69, 9.17) is 10.2 Å². The van der Waals surface area contributed by atoms with Crippen LogP contribution in [0.15, 0.2) is 89.5 Å². The van der Waals surface area contributed by atoms with Gasteiger partial charge in [0.25, 0.3) is 11.8 Å². The van der Waals surface area contributed by atoms with Crippen molar-refractivity contribution in [2.75, 3.05) is 18.8 Å². The van der Waals surface area contributed by atoms with Crippen molar-refractivity contribution in [2.24, 2.45) is 0 Å². The standard InChI is InChI=1S/C36H29F4N3O3/c37-28-16-26(17-29(38)20-28)32-19-25(23-3-5-24(6-4-23)35(45)43-13-11-36(39,40)12-14-43)15-27-18-31(46-34(27)32)9-8-30(44)7-1-22-2-10-33(41)42-21-22/h1-7,10,15-21H,8-9,11-14H2,(H2,41,42)/b7-1+. The molecule has 2 aromatic heterocycles. The predicted octanol–water partition coefficient (Wildman–Crippen LogP) is 8.11. The minimum absolute atomic E-state index is 0.0113. The van der Waals surface area contributed by atoms with Crippen LogP contribution < -0.4 is 5.73 Å². The van der Waals surface area contributed by atoms with Gasteiger partial charge in [-0.15, -0.1) is 0 Å². The van der Waals surface area contributed by atoms with Gasteiger partial charge in [-0.2, -0.15) is 0 Å². The van der Waals surface area contributed by atoms with E-state index in [1.165, 1.54) is 23.1 Å². The second kappa shape index (κ2) is 12.6. The SMILES string of the molecule is Nc1ccc(/C=C/C(=O)CCc2cc3cc(-c4ccc(C(=O)N5CCC(F)(F)CC5)cc4)cc(-c4cc(F)cc(F)c4)c3o2)cn1. The number of rotatable bonds is 8. The van der Waals surface area contributed by atoms with Crippen LogP contribution in [0.5, 0.6) is 0 Å². The van der Waals surface area contributed by atoms with E-state index in [9.17, 15) is 27.2 Å². The molecule has 5 aromatic rings. The molecule has 3 aromatic carbocycles. The molecule has 46 heavy (non-hydrogen) atoms. The number of alkyl halides is 2. The number of nitrogens with zero attached hydrogens (tertiary/aromatic N) is 2. The lowest BCUT2D eigenvalue weighted by Crippen LogP contribution is -2.42. The van der Waals surface area contributed by atoms with Crippen molar-refractivity contribution in [1.82, 2.24) is 9.88 Å². The number of carbonyl (C=O) groups is 2. The summed E-state index contributed by atoms with van der Waals surface area (Å²) in [5, 5.41) is 0.664. The van der Waals surface area contributed by atoms with Crippen molar-refractivity contribution in [2.45, 2.75) is 31.6 Å². The Bertz CT molecular complexity index is 1920. The number of carbonyl (C=O) groups excluding carboxylic acids is 2. The number of amides is 1. The first kappa shape index (κ1) is 30.8. The molecule has 1 aliphatic rings. The number of allylic oxidation sites excluding steroid dienone is 1. The highest BCUT2D eigenvalue weighted by Gasteiger charge is 2.35. The van der Waals surface area contributed by atoms with E-state index in [2.05, 4.69) is 4.98 Å². The van der Waals surface area contributed by atoms with Gasteiger partial charge in [-0.3, -0.25) is 9.59 Å². The summed E-state index contributed by atoms with van der Waals surface area (Å²) in [5.41, 5.74) is 9.27. The zero-order valence-corrected chi connectivity index (χ0v) is 24.6. The van der Waals surface area contributed by atoms with E-state index >= 15 is 0 Å². The monoisotopic (exact) mass is 627 g/mol. The minimum Gasteiger partial charge on any atom is -0.460 e. The van der Waals surface area contributed by atoms with Crippen molar-refractivity contribution < 1.29 is 31.6 Å². The summed E-state index contributed by atoms with van der Waals surface area (Å²) in [6.07, 6.45) is 4.42. The maximum absolute atomic E-state index is 14.3. The van der Waals surface area contributed by atoms with Crippen molar-refractivity contribution in [3.05, 3.63) is 114 Å². The van der Waals surface area contributed by atoms with Gasteiger partial charge >= 0.3 is 0 Å². The molecule has 0 saturated carbocycles. The van der Waals surface area contributed by atoms with E-state index in [-0.39, 0.29) is 49.6 Å². The maximum Gasteiger partial charge on any atom is 0.253 e. The lowest BCUT2D eigenvalue weighted by Gasteiger charge is -2.31. The van der Waals surface area contributed by atoms with Crippen LogP contribution in [0.25, 0.3) is 39.3 Å². The third-order valence-electron chi connectivity index (χ3n) is 7.98. The average molecular weight is 628 g/mol. The summed E-state index contributed by atoms with van der Waals surface area (Å²) in [6, 6.07) is 18.8. The molecule has 1 aliphatic heterocycles. The van der Waals surface area contributed by atoms with E-state index in [0.717, 1.165) is 17.2 Å². The number of fused-ring (bicyclic) bond motifs is 1. The number of nitrogens with two attached hydrogens (primary N) is 1. The molecule has 1 amide bonds. The fourth-order valence-electron chi connectivity index (χ4n) is 5.48. The molecule has 3 heterocycles. The topological polar surface area (TPSA) is 89.4 Å². The first-order valence-corrected chi connectivity index (χ1v) is 14.8. The molecular formula is C36H29F4N3O3. The number of nitrogen functional groups attached to an aromatic ring is 1. The number of hydrogen-bond acceptors (Lipinski definition) is 5. The van der Waals surface area contributed by atoms with Crippen molar-refractivity contribution in [3.8, 4) is 22.3 Å². The number of furan rings is 1. The Kier molecular flexibility index (Phi) is 8.44. The quantitative estimate of drug-likeness (QED) is 0.139. The van der Waals surface area contributed by atoms with Gasteiger partial charge in [-0.1, -0.05) is 12.1 Å². The minimum atomic E-state index is -2.75.